The molecule has 3 aromatic heterocycles. The van der Waals surface area contributed by atoms with Crippen molar-refractivity contribution in [1.82, 2.24) is 19.9 Å². The summed E-state index contributed by atoms with van der Waals surface area (Å²) in [7, 11) is 1.61. The maximum Gasteiger partial charge on any atom is 0.248 e. The van der Waals surface area contributed by atoms with Crippen molar-refractivity contribution in [2.45, 2.75) is 6.42 Å². The number of methoxy groups -OCH3 is 1. The summed E-state index contributed by atoms with van der Waals surface area (Å²) < 4.78 is 11.4. The summed E-state index contributed by atoms with van der Waals surface area (Å²) in [6.45, 7) is 2.24. The third-order valence-electron chi connectivity index (χ3n) is 5.71. The molecule has 4 aromatic rings. The van der Waals surface area contributed by atoms with E-state index in [1.165, 1.54) is 5.57 Å². The number of pyridine rings is 1. The van der Waals surface area contributed by atoms with Crippen LogP contribution < -0.4 is 5.32 Å². The van der Waals surface area contributed by atoms with Gasteiger partial charge in [-0.2, -0.15) is 0 Å². The Morgan fingerprint density at radius 1 is 1.24 bits per heavy atom. The maximum atomic E-state index is 12.3. The lowest BCUT2D eigenvalue weighted by atomic mass is 10.0. The van der Waals surface area contributed by atoms with Gasteiger partial charge in [0.25, 0.3) is 0 Å². The van der Waals surface area contributed by atoms with E-state index >= 15 is 0 Å². The molecule has 8 nitrogen and oxygen atoms in total. The highest BCUT2D eigenvalue weighted by Crippen LogP contribution is 2.31. The van der Waals surface area contributed by atoms with Gasteiger partial charge in [-0.15, -0.1) is 11.3 Å². The lowest BCUT2D eigenvalue weighted by Gasteiger charge is -2.26. The molecule has 2 N–H and O–H groups in total. The third kappa shape index (κ3) is 4.75. The number of carbonyl (C=O) groups is 1. The summed E-state index contributed by atoms with van der Waals surface area (Å²) in [5, 5.41) is 4.55. The zero-order valence-electron chi connectivity index (χ0n) is 18.3. The molecule has 1 aromatic carbocycles. The average molecular weight is 464 g/mol. The van der Waals surface area contributed by atoms with Crippen LogP contribution in [-0.2, 0) is 14.3 Å². The number of carbonyl (C=O) groups excluding carboxylic acids is 1. The number of benzene rings is 1. The highest BCUT2D eigenvalue weighted by molar-refractivity contribution is 7.16. The SMILES string of the molecule is COCCOCC(=O)N1CC=C(c2cc3c(Nc4ccc5ncsc5c4)ccnc3[nH]2)CC1. The number of anilines is 2. The number of H-pyrrole nitrogens is 1. The Balaban J connectivity index is 1.30. The molecule has 0 spiro atoms. The van der Waals surface area contributed by atoms with Gasteiger partial charge >= 0.3 is 0 Å². The fraction of sp³-hybridized carbons (Fsp3) is 0.292. The lowest BCUT2D eigenvalue weighted by Crippen LogP contribution is -2.37. The van der Waals surface area contributed by atoms with Crippen LogP contribution in [0.25, 0.3) is 26.8 Å². The van der Waals surface area contributed by atoms with E-state index < -0.39 is 0 Å². The molecule has 1 aliphatic rings. The minimum atomic E-state index is 0.00381. The van der Waals surface area contributed by atoms with Gasteiger partial charge in [-0.25, -0.2) is 9.97 Å². The molecule has 0 saturated carbocycles. The van der Waals surface area contributed by atoms with Crippen molar-refractivity contribution < 1.29 is 14.3 Å². The van der Waals surface area contributed by atoms with Gasteiger partial charge in [-0.3, -0.25) is 4.79 Å². The van der Waals surface area contributed by atoms with E-state index in [9.17, 15) is 4.79 Å². The van der Waals surface area contributed by atoms with E-state index in [1.54, 1.807) is 24.6 Å². The second kappa shape index (κ2) is 9.70. The van der Waals surface area contributed by atoms with Crippen molar-refractivity contribution in [3.8, 4) is 0 Å². The van der Waals surface area contributed by atoms with Crippen LogP contribution >= 0.6 is 11.3 Å². The van der Waals surface area contributed by atoms with E-state index in [4.69, 9.17) is 9.47 Å². The van der Waals surface area contributed by atoms with Crippen molar-refractivity contribution in [3.63, 3.8) is 0 Å². The van der Waals surface area contributed by atoms with Gasteiger partial charge in [0, 0.05) is 43.2 Å². The Hall–Kier alpha value is -3.27. The monoisotopic (exact) mass is 463 g/mol. The van der Waals surface area contributed by atoms with E-state index in [0.29, 0.717) is 26.3 Å². The summed E-state index contributed by atoms with van der Waals surface area (Å²) in [6, 6.07) is 10.3. The number of hydrogen-bond donors (Lipinski definition) is 2. The quantitative estimate of drug-likeness (QED) is 0.381. The van der Waals surface area contributed by atoms with E-state index in [0.717, 1.165) is 44.7 Å². The first kappa shape index (κ1) is 21.6. The third-order valence-corrected chi connectivity index (χ3v) is 6.50. The van der Waals surface area contributed by atoms with Crippen molar-refractivity contribution in [3.05, 3.63) is 53.8 Å². The van der Waals surface area contributed by atoms with Crippen molar-refractivity contribution >= 4 is 55.4 Å². The minimum absolute atomic E-state index is 0.00381. The Bertz CT molecular complexity index is 1310. The maximum absolute atomic E-state index is 12.3. The van der Waals surface area contributed by atoms with Gasteiger partial charge in [-0.1, -0.05) is 6.08 Å². The minimum Gasteiger partial charge on any atom is -0.382 e. The first-order valence-corrected chi connectivity index (χ1v) is 11.7. The molecule has 0 saturated heterocycles. The van der Waals surface area contributed by atoms with Gasteiger partial charge in [0.15, 0.2) is 0 Å². The molecule has 0 fully saturated rings. The topological polar surface area (TPSA) is 92.4 Å². The second-order valence-electron chi connectivity index (χ2n) is 7.83. The predicted molar refractivity (Wildman–Crippen MR) is 131 cm³/mol. The zero-order valence-corrected chi connectivity index (χ0v) is 19.2. The molecule has 9 heteroatoms. The smallest absolute Gasteiger partial charge is 0.248 e. The van der Waals surface area contributed by atoms with Gasteiger partial charge < -0.3 is 24.7 Å². The first-order valence-electron chi connectivity index (χ1n) is 10.8. The molecule has 33 heavy (non-hydrogen) atoms. The van der Waals surface area contributed by atoms with Crippen LogP contribution in [0, 0.1) is 0 Å². The standard InChI is InChI=1S/C24H25N5O3S/c1-31-10-11-32-14-23(30)29-8-5-16(6-9-29)21-13-18-19(4-7-25-24(18)28-21)27-17-2-3-20-22(12-17)33-15-26-20/h2-5,7,12-13,15H,6,8-11,14H2,1H3,(H2,25,27,28). The summed E-state index contributed by atoms with van der Waals surface area (Å²) in [6.07, 6.45) is 4.68. The number of aromatic nitrogens is 3. The molecule has 4 heterocycles. The summed E-state index contributed by atoms with van der Waals surface area (Å²) in [5.41, 5.74) is 7.93. The fourth-order valence-electron chi connectivity index (χ4n) is 3.93. The molecule has 1 amide bonds. The number of thiazole rings is 1. The lowest BCUT2D eigenvalue weighted by molar-refractivity contribution is -0.136. The van der Waals surface area contributed by atoms with Crippen LogP contribution in [0.4, 0.5) is 11.4 Å². The molecule has 0 atom stereocenters. The van der Waals surface area contributed by atoms with Crippen molar-refractivity contribution in [2.75, 3.05) is 45.3 Å². The summed E-state index contributed by atoms with van der Waals surface area (Å²) >= 11 is 1.63. The molecule has 0 unspecified atom stereocenters. The zero-order chi connectivity index (χ0) is 22.6. The Labute approximate surface area is 195 Å². The van der Waals surface area contributed by atoms with E-state index in [2.05, 4.69) is 38.5 Å². The van der Waals surface area contributed by atoms with Crippen LogP contribution in [0.3, 0.4) is 0 Å². The molecule has 0 aliphatic carbocycles. The molecule has 0 radical (unpaired) electrons. The van der Waals surface area contributed by atoms with Crippen LogP contribution in [0.2, 0.25) is 0 Å². The molecular weight excluding hydrogens is 438 g/mol. The highest BCUT2D eigenvalue weighted by Gasteiger charge is 2.19. The summed E-state index contributed by atoms with van der Waals surface area (Å²) in [5.74, 6) is 0.00381. The molecule has 5 rings (SSSR count). The van der Waals surface area contributed by atoms with Crippen LogP contribution in [-0.4, -0.2) is 65.8 Å². The number of nitrogens with zero attached hydrogens (tertiary/aromatic N) is 3. The highest BCUT2D eigenvalue weighted by atomic mass is 32.1. The summed E-state index contributed by atoms with van der Waals surface area (Å²) in [4.78, 5) is 26.4. The van der Waals surface area contributed by atoms with Gasteiger partial charge in [0.2, 0.25) is 5.91 Å². The Morgan fingerprint density at radius 3 is 3.03 bits per heavy atom. The van der Waals surface area contributed by atoms with E-state index in [-0.39, 0.29) is 12.5 Å². The van der Waals surface area contributed by atoms with Crippen molar-refractivity contribution in [2.24, 2.45) is 0 Å². The number of aromatic amines is 1. The van der Waals surface area contributed by atoms with Crippen LogP contribution in [0.1, 0.15) is 12.1 Å². The first-order chi connectivity index (χ1) is 16.2. The fourth-order valence-corrected chi connectivity index (χ4v) is 4.65. The number of rotatable bonds is 8. The van der Waals surface area contributed by atoms with Gasteiger partial charge in [0.05, 0.1) is 34.6 Å². The van der Waals surface area contributed by atoms with Crippen LogP contribution in [0.15, 0.2) is 48.1 Å². The number of ether oxygens (including phenoxy) is 2. The Morgan fingerprint density at radius 2 is 2.18 bits per heavy atom. The molecule has 170 valence electrons. The van der Waals surface area contributed by atoms with Gasteiger partial charge in [0.1, 0.15) is 12.3 Å². The number of hydrogen-bond acceptors (Lipinski definition) is 7. The normalized spacial score (nSPS) is 14.1. The Kier molecular flexibility index (Phi) is 6.34. The van der Waals surface area contributed by atoms with Crippen LogP contribution in [0.5, 0.6) is 0 Å². The molecule has 1 aliphatic heterocycles. The van der Waals surface area contributed by atoms with E-state index in [1.807, 2.05) is 28.6 Å². The average Bonchev–Trinajstić information content (AvgIpc) is 3.49. The number of nitrogens with one attached hydrogen (secondary N) is 2. The van der Waals surface area contributed by atoms with Crippen molar-refractivity contribution in [1.29, 1.82) is 0 Å². The van der Waals surface area contributed by atoms with Gasteiger partial charge in [-0.05, 0) is 42.3 Å². The number of fused-ring (bicyclic) bond motifs is 2. The molecular formula is C24H25N5O3S. The molecule has 0 bridgehead atoms. The number of amides is 1. The second-order valence-corrected chi connectivity index (χ2v) is 8.71. The largest absolute Gasteiger partial charge is 0.382 e. The predicted octanol–water partition coefficient (Wildman–Crippen LogP) is 4.19.